The molecule has 0 fully saturated rings. The number of hydrogen-bond acceptors (Lipinski definition) is 4. The molecule has 29 heavy (non-hydrogen) atoms. The summed E-state index contributed by atoms with van der Waals surface area (Å²) in [5.41, 5.74) is -0.0465. The van der Waals surface area contributed by atoms with E-state index in [0.29, 0.717) is 6.42 Å². The predicted octanol–water partition coefficient (Wildman–Crippen LogP) is 5.29. The topological polar surface area (TPSA) is 64.6 Å². The molecule has 0 spiro atoms. The van der Waals surface area contributed by atoms with E-state index in [1.807, 2.05) is 97.9 Å². The second-order valence-corrected chi connectivity index (χ2v) is 9.63. The molecule has 2 atom stereocenters. The van der Waals surface area contributed by atoms with Crippen molar-refractivity contribution in [3.8, 4) is 0 Å². The van der Waals surface area contributed by atoms with Crippen molar-refractivity contribution in [3.63, 3.8) is 0 Å². The van der Waals surface area contributed by atoms with Crippen LogP contribution in [0.15, 0.2) is 42.5 Å². The summed E-state index contributed by atoms with van der Waals surface area (Å²) in [7, 11) is 0. The molecule has 0 radical (unpaired) electrons. The Labute approximate surface area is 175 Å². The number of carbonyl (C=O) groups excluding carboxylic acids is 2. The number of benzene rings is 1. The number of esters is 1. The molecule has 0 aliphatic heterocycles. The van der Waals surface area contributed by atoms with Crippen LogP contribution >= 0.6 is 0 Å². The minimum atomic E-state index is -0.581. The molecule has 1 rings (SSSR count). The van der Waals surface area contributed by atoms with Gasteiger partial charge in [-0.2, -0.15) is 0 Å². The first-order chi connectivity index (χ1) is 13.3. The predicted molar refractivity (Wildman–Crippen MR) is 117 cm³/mol. The summed E-state index contributed by atoms with van der Waals surface area (Å²) in [6.45, 7) is 15.0. The van der Waals surface area contributed by atoms with E-state index in [9.17, 15) is 9.59 Å². The van der Waals surface area contributed by atoms with Crippen LogP contribution in [-0.2, 0) is 20.7 Å². The lowest BCUT2D eigenvalue weighted by Crippen LogP contribution is -2.39. The highest BCUT2D eigenvalue weighted by Crippen LogP contribution is 2.20. The molecule has 1 N–H and O–H groups in total. The molecule has 1 aromatic rings. The lowest BCUT2D eigenvalue weighted by Gasteiger charge is -2.25. The van der Waals surface area contributed by atoms with Crippen molar-refractivity contribution in [3.05, 3.63) is 48.0 Å². The highest BCUT2D eigenvalue weighted by Gasteiger charge is 2.26. The second-order valence-electron chi connectivity index (χ2n) is 9.63. The lowest BCUT2D eigenvalue weighted by atomic mass is 9.93. The average molecular weight is 404 g/mol. The van der Waals surface area contributed by atoms with Crippen LogP contribution in [-0.4, -0.2) is 29.3 Å². The van der Waals surface area contributed by atoms with Crippen LogP contribution in [0.25, 0.3) is 0 Å². The van der Waals surface area contributed by atoms with Gasteiger partial charge in [0.15, 0.2) is 0 Å². The summed E-state index contributed by atoms with van der Waals surface area (Å²) in [5.74, 6) is -0.590. The van der Waals surface area contributed by atoms with Crippen molar-refractivity contribution < 1.29 is 19.1 Å². The number of nitrogens with one attached hydrogen (secondary N) is 1. The summed E-state index contributed by atoms with van der Waals surface area (Å²) in [6.07, 6.45) is 3.81. The van der Waals surface area contributed by atoms with Crippen LogP contribution in [0, 0.1) is 11.8 Å². The van der Waals surface area contributed by atoms with Crippen molar-refractivity contribution in [1.29, 1.82) is 0 Å². The number of alkyl carbamates (subject to hydrolysis) is 1. The maximum absolute atomic E-state index is 12.6. The molecular formula is C24H37NO4. The molecule has 5 nitrogen and oxygen atoms in total. The van der Waals surface area contributed by atoms with Crippen LogP contribution in [0.2, 0.25) is 0 Å². The molecule has 0 saturated carbocycles. The first kappa shape index (κ1) is 24.7. The standard InChI is InChI=1S/C24H37NO4/c1-17(2)20(21(26)28-23(3,4)5)15-14-19(16-18-12-10-9-11-13-18)25-22(27)29-24(6,7)8/h9-15,17,19-20H,16H2,1-8H3,(H,25,27)/b15-14+/t19-,20+/m1/s1. The average Bonchev–Trinajstić information content (AvgIpc) is 2.51. The third-order valence-electron chi connectivity index (χ3n) is 3.95. The molecule has 162 valence electrons. The Morgan fingerprint density at radius 3 is 1.97 bits per heavy atom. The summed E-state index contributed by atoms with van der Waals surface area (Å²) in [4.78, 5) is 24.9. The molecule has 0 aromatic heterocycles. The van der Waals surface area contributed by atoms with Gasteiger partial charge in [0.1, 0.15) is 11.2 Å². The number of carbonyl (C=O) groups is 2. The summed E-state index contributed by atoms with van der Waals surface area (Å²) in [5, 5.41) is 2.90. The van der Waals surface area contributed by atoms with Crippen molar-refractivity contribution in [2.75, 3.05) is 0 Å². The Hall–Kier alpha value is -2.30. The van der Waals surface area contributed by atoms with E-state index in [-0.39, 0.29) is 17.9 Å². The van der Waals surface area contributed by atoms with Gasteiger partial charge in [-0.05, 0) is 59.4 Å². The zero-order valence-corrected chi connectivity index (χ0v) is 19.1. The fourth-order valence-electron chi connectivity index (χ4n) is 2.69. The van der Waals surface area contributed by atoms with Gasteiger partial charge in [-0.3, -0.25) is 4.79 Å². The van der Waals surface area contributed by atoms with Crippen LogP contribution in [0.3, 0.4) is 0 Å². The maximum Gasteiger partial charge on any atom is 0.408 e. The molecule has 1 aromatic carbocycles. The monoisotopic (exact) mass is 403 g/mol. The number of hydrogen-bond donors (Lipinski definition) is 1. The Bertz CT molecular complexity index is 681. The highest BCUT2D eigenvalue weighted by molar-refractivity contribution is 5.75. The van der Waals surface area contributed by atoms with Gasteiger partial charge in [0.2, 0.25) is 0 Å². The first-order valence-electron chi connectivity index (χ1n) is 10.2. The summed E-state index contributed by atoms with van der Waals surface area (Å²) >= 11 is 0. The number of amides is 1. The third-order valence-corrected chi connectivity index (χ3v) is 3.95. The molecule has 0 bridgehead atoms. The van der Waals surface area contributed by atoms with E-state index in [1.54, 1.807) is 0 Å². The van der Waals surface area contributed by atoms with Crippen LogP contribution in [0.4, 0.5) is 4.79 Å². The van der Waals surface area contributed by atoms with Gasteiger partial charge >= 0.3 is 12.1 Å². The first-order valence-corrected chi connectivity index (χ1v) is 10.2. The van der Waals surface area contributed by atoms with E-state index in [0.717, 1.165) is 5.56 Å². The lowest BCUT2D eigenvalue weighted by molar-refractivity contribution is -0.159. The molecule has 0 aliphatic carbocycles. The highest BCUT2D eigenvalue weighted by atomic mass is 16.6. The van der Waals surface area contributed by atoms with Crippen LogP contribution in [0.5, 0.6) is 0 Å². The Kier molecular flexibility index (Phi) is 8.93. The summed E-state index contributed by atoms with van der Waals surface area (Å²) in [6, 6.07) is 9.57. The summed E-state index contributed by atoms with van der Waals surface area (Å²) < 4.78 is 11.0. The molecule has 0 heterocycles. The van der Waals surface area contributed by atoms with Crippen molar-refractivity contribution in [1.82, 2.24) is 5.32 Å². The smallest absolute Gasteiger partial charge is 0.408 e. The third kappa shape index (κ3) is 10.7. The molecule has 5 heteroatoms. The molecular weight excluding hydrogens is 366 g/mol. The largest absolute Gasteiger partial charge is 0.460 e. The second kappa shape index (κ2) is 10.5. The Balaban J connectivity index is 3.00. The SMILES string of the molecule is CC(C)[C@H](/C=C/[C@H](Cc1ccccc1)NC(=O)OC(C)(C)C)C(=O)OC(C)(C)C. The zero-order chi connectivity index (χ0) is 22.2. The van der Waals surface area contributed by atoms with E-state index >= 15 is 0 Å². The molecule has 0 aliphatic rings. The van der Waals surface area contributed by atoms with Crippen molar-refractivity contribution in [2.24, 2.45) is 11.8 Å². The minimum Gasteiger partial charge on any atom is -0.460 e. The van der Waals surface area contributed by atoms with E-state index in [2.05, 4.69) is 5.32 Å². The van der Waals surface area contributed by atoms with E-state index in [4.69, 9.17) is 9.47 Å². The van der Waals surface area contributed by atoms with Crippen molar-refractivity contribution in [2.45, 2.75) is 79.1 Å². The molecule has 0 saturated heterocycles. The fraction of sp³-hybridized carbons (Fsp3) is 0.583. The number of ether oxygens (including phenoxy) is 2. The maximum atomic E-state index is 12.6. The van der Waals surface area contributed by atoms with Gasteiger partial charge in [-0.25, -0.2) is 4.79 Å². The van der Waals surface area contributed by atoms with Gasteiger partial charge in [0.05, 0.1) is 12.0 Å². The molecule has 0 unspecified atom stereocenters. The fourth-order valence-corrected chi connectivity index (χ4v) is 2.69. The van der Waals surface area contributed by atoms with Gasteiger partial charge in [-0.15, -0.1) is 0 Å². The van der Waals surface area contributed by atoms with Gasteiger partial charge in [0, 0.05) is 0 Å². The van der Waals surface area contributed by atoms with Gasteiger partial charge in [-0.1, -0.05) is 56.3 Å². The van der Waals surface area contributed by atoms with Crippen LogP contribution < -0.4 is 5.32 Å². The van der Waals surface area contributed by atoms with Gasteiger partial charge < -0.3 is 14.8 Å². The Morgan fingerprint density at radius 1 is 0.931 bits per heavy atom. The van der Waals surface area contributed by atoms with Gasteiger partial charge in [0.25, 0.3) is 0 Å². The van der Waals surface area contributed by atoms with Crippen LogP contribution in [0.1, 0.15) is 61.0 Å². The molecule has 1 amide bonds. The minimum absolute atomic E-state index is 0.0694. The zero-order valence-electron chi connectivity index (χ0n) is 19.1. The normalized spacial score (nSPS) is 14.5. The van der Waals surface area contributed by atoms with Crippen molar-refractivity contribution >= 4 is 12.1 Å². The quantitative estimate of drug-likeness (QED) is 0.496. The van der Waals surface area contributed by atoms with E-state index in [1.165, 1.54) is 0 Å². The van der Waals surface area contributed by atoms with E-state index < -0.39 is 23.2 Å². The Morgan fingerprint density at radius 2 is 1.48 bits per heavy atom. The number of rotatable bonds is 7.